The number of alkyl carbamates (subject to hydrolysis) is 1. The van der Waals surface area contributed by atoms with Gasteiger partial charge in [0.25, 0.3) is 0 Å². The lowest BCUT2D eigenvalue weighted by atomic mass is 9.98. The van der Waals surface area contributed by atoms with E-state index in [1.54, 1.807) is 0 Å². The molecule has 2 aromatic carbocycles. The summed E-state index contributed by atoms with van der Waals surface area (Å²) in [6.45, 7) is 10.4. The molecule has 0 aromatic heterocycles. The van der Waals surface area contributed by atoms with Gasteiger partial charge in [0.1, 0.15) is 6.61 Å². The molecule has 0 saturated carbocycles. The highest BCUT2D eigenvalue weighted by atomic mass is 28.4. The van der Waals surface area contributed by atoms with E-state index < -0.39 is 26.4 Å². The highest BCUT2D eigenvalue weighted by Crippen LogP contribution is 2.44. The molecular weight excluding hydrogens is 410 g/mol. The van der Waals surface area contributed by atoms with Crippen LogP contribution in [-0.4, -0.2) is 44.7 Å². The number of carbonyl (C=O) groups is 2. The van der Waals surface area contributed by atoms with Crippen LogP contribution in [0.1, 0.15) is 37.8 Å². The van der Waals surface area contributed by atoms with Gasteiger partial charge in [-0.05, 0) is 40.4 Å². The number of ether oxygens (including phenoxy) is 1. The lowest BCUT2D eigenvalue weighted by molar-refractivity contribution is -0.140. The van der Waals surface area contributed by atoms with Crippen molar-refractivity contribution in [2.24, 2.45) is 0 Å². The molecule has 0 saturated heterocycles. The summed E-state index contributed by atoms with van der Waals surface area (Å²) in [4.78, 5) is 24.1. The van der Waals surface area contributed by atoms with Crippen LogP contribution in [-0.2, 0) is 14.0 Å². The number of aliphatic carboxylic acids is 1. The van der Waals surface area contributed by atoms with Crippen molar-refractivity contribution in [3.05, 3.63) is 59.7 Å². The molecular formula is C24H31NO5Si. The lowest BCUT2D eigenvalue weighted by Crippen LogP contribution is -2.49. The third-order valence-corrected chi connectivity index (χ3v) is 10.9. The van der Waals surface area contributed by atoms with Gasteiger partial charge in [-0.15, -0.1) is 0 Å². The summed E-state index contributed by atoms with van der Waals surface area (Å²) in [5.74, 6) is -1.22. The fourth-order valence-electron chi connectivity index (χ4n) is 3.47. The third-order valence-electron chi connectivity index (χ3n) is 6.35. The van der Waals surface area contributed by atoms with Crippen LogP contribution >= 0.6 is 0 Å². The number of carbonyl (C=O) groups excluding carboxylic acids is 1. The summed E-state index contributed by atoms with van der Waals surface area (Å²) in [7, 11) is -2.14. The SMILES string of the molecule is CC(C)(C)[Si](C)(C)OC[C@H](NC(=O)OCC1c2ccccc2-c2ccccc21)C(=O)O. The van der Waals surface area contributed by atoms with E-state index in [1.807, 2.05) is 49.5 Å². The van der Waals surface area contributed by atoms with Gasteiger partial charge in [0.15, 0.2) is 14.4 Å². The molecule has 0 aliphatic heterocycles. The Hall–Kier alpha value is -2.64. The van der Waals surface area contributed by atoms with Gasteiger partial charge in [-0.2, -0.15) is 0 Å². The minimum Gasteiger partial charge on any atom is -0.480 e. The van der Waals surface area contributed by atoms with Crippen LogP contribution in [0.2, 0.25) is 18.1 Å². The average molecular weight is 442 g/mol. The van der Waals surface area contributed by atoms with Gasteiger partial charge in [0.05, 0.1) is 6.61 Å². The molecule has 2 N–H and O–H groups in total. The molecule has 1 aliphatic carbocycles. The van der Waals surface area contributed by atoms with Crippen molar-refractivity contribution in [2.45, 2.75) is 50.9 Å². The normalized spacial score (nSPS) is 14.5. The molecule has 7 heteroatoms. The van der Waals surface area contributed by atoms with Crippen molar-refractivity contribution >= 4 is 20.4 Å². The van der Waals surface area contributed by atoms with Crippen LogP contribution in [0.3, 0.4) is 0 Å². The molecule has 166 valence electrons. The van der Waals surface area contributed by atoms with Crippen LogP contribution in [0, 0.1) is 0 Å². The van der Waals surface area contributed by atoms with Crippen molar-refractivity contribution in [3.8, 4) is 11.1 Å². The highest BCUT2D eigenvalue weighted by molar-refractivity contribution is 6.74. The molecule has 31 heavy (non-hydrogen) atoms. The summed E-state index contributed by atoms with van der Waals surface area (Å²) in [5, 5.41) is 11.9. The number of rotatable bonds is 7. The largest absolute Gasteiger partial charge is 0.480 e. The second-order valence-electron chi connectivity index (χ2n) is 9.43. The fraction of sp³-hybridized carbons (Fsp3) is 0.417. The Labute approximate surface area is 184 Å². The van der Waals surface area contributed by atoms with Crippen LogP contribution < -0.4 is 5.32 Å². The highest BCUT2D eigenvalue weighted by Gasteiger charge is 2.38. The first kappa shape index (κ1) is 23.0. The van der Waals surface area contributed by atoms with E-state index in [2.05, 4.69) is 38.2 Å². The van der Waals surface area contributed by atoms with Crippen LogP contribution in [0.15, 0.2) is 48.5 Å². The summed E-state index contributed by atoms with van der Waals surface area (Å²) in [5.41, 5.74) is 4.48. The number of fused-ring (bicyclic) bond motifs is 3. The zero-order chi connectivity index (χ0) is 22.8. The van der Waals surface area contributed by atoms with Gasteiger partial charge < -0.3 is 19.6 Å². The Morgan fingerprint density at radius 2 is 1.55 bits per heavy atom. The summed E-state index contributed by atoms with van der Waals surface area (Å²) in [6, 6.07) is 15.0. The number of carboxylic acid groups (broad SMARTS) is 1. The molecule has 0 unspecified atom stereocenters. The molecule has 0 bridgehead atoms. The first-order valence-electron chi connectivity index (χ1n) is 10.5. The van der Waals surface area contributed by atoms with Crippen molar-refractivity contribution in [3.63, 3.8) is 0 Å². The van der Waals surface area contributed by atoms with Gasteiger partial charge in [-0.1, -0.05) is 69.3 Å². The number of hydrogen-bond acceptors (Lipinski definition) is 4. The number of carboxylic acids is 1. The minimum absolute atomic E-state index is 0.0557. The fourth-order valence-corrected chi connectivity index (χ4v) is 4.48. The zero-order valence-corrected chi connectivity index (χ0v) is 19.8. The van der Waals surface area contributed by atoms with Gasteiger partial charge in [0.2, 0.25) is 0 Å². The number of benzene rings is 2. The number of nitrogens with one attached hydrogen (secondary N) is 1. The molecule has 1 aliphatic rings. The molecule has 1 atom stereocenters. The van der Waals surface area contributed by atoms with E-state index in [1.165, 1.54) is 0 Å². The topological polar surface area (TPSA) is 84.9 Å². The Morgan fingerprint density at radius 1 is 1.03 bits per heavy atom. The first-order valence-corrected chi connectivity index (χ1v) is 13.4. The lowest BCUT2D eigenvalue weighted by Gasteiger charge is -2.36. The van der Waals surface area contributed by atoms with Crippen LogP contribution in [0.4, 0.5) is 4.79 Å². The third kappa shape index (κ3) is 4.99. The van der Waals surface area contributed by atoms with Crippen molar-refractivity contribution in [1.82, 2.24) is 5.32 Å². The molecule has 0 radical (unpaired) electrons. The van der Waals surface area contributed by atoms with Gasteiger partial charge in [0, 0.05) is 5.92 Å². The maximum Gasteiger partial charge on any atom is 0.407 e. The average Bonchev–Trinajstić information content (AvgIpc) is 3.02. The Morgan fingerprint density at radius 3 is 2.03 bits per heavy atom. The molecule has 3 rings (SSSR count). The summed E-state index contributed by atoms with van der Waals surface area (Å²) >= 11 is 0. The molecule has 2 aromatic rings. The van der Waals surface area contributed by atoms with Crippen LogP contribution in [0.5, 0.6) is 0 Å². The van der Waals surface area contributed by atoms with E-state index in [4.69, 9.17) is 9.16 Å². The number of amides is 1. The van der Waals surface area contributed by atoms with Gasteiger partial charge >= 0.3 is 12.1 Å². The smallest absolute Gasteiger partial charge is 0.407 e. The Bertz CT molecular complexity index is 921. The summed E-state index contributed by atoms with van der Waals surface area (Å²) < 4.78 is 11.4. The molecule has 1 amide bonds. The maximum absolute atomic E-state index is 12.4. The molecule has 0 spiro atoms. The van der Waals surface area contributed by atoms with Crippen molar-refractivity contribution in [1.29, 1.82) is 0 Å². The Balaban J connectivity index is 1.63. The monoisotopic (exact) mass is 441 g/mol. The van der Waals surface area contributed by atoms with E-state index in [-0.39, 0.29) is 24.2 Å². The zero-order valence-electron chi connectivity index (χ0n) is 18.8. The second-order valence-corrected chi connectivity index (χ2v) is 14.2. The van der Waals surface area contributed by atoms with E-state index in [0.717, 1.165) is 22.3 Å². The molecule has 0 fully saturated rings. The van der Waals surface area contributed by atoms with Gasteiger partial charge in [-0.3, -0.25) is 0 Å². The predicted molar refractivity (Wildman–Crippen MR) is 123 cm³/mol. The summed E-state index contributed by atoms with van der Waals surface area (Å²) in [6.07, 6.45) is -0.756. The van der Waals surface area contributed by atoms with Crippen molar-refractivity contribution in [2.75, 3.05) is 13.2 Å². The van der Waals surface area contributed by atoms with Crippen molar-refractivity contribution < 1.29 is 23.9 Å². The molecule has 0 heterocycles. The standard InChI is InChI=1S/C24H31NO5Si/c1-24(2,3)31(4,5)30-15-21(22(26)27)25-23(28)29-14-20-18-12-8-6-10-16(18)17-11-7-9-13-19(17)20/h6-13,20-21H,14-15H2,1-5H3,(H,25,28)(H,26,27)/t21-/m0/s1. The minimum atomic E-state index is -2.14. The first-order chi connectivity index (χ1) is 14.5. The van der Waals surface area contributed by atoms with E-state index in [9.17, 15) is 14.7 Å². The second kappa shape index (κ2) is 8.84. The van der Waals surface area contributed by atoms with Gasteiger partial charge in [-0.25, -0.2) is 9.59 Å². The Kier molecular flexibility index (Phi) is 6.57. The van der Waals surface area contributed by atoms with E-state index >= 15 is 0 Å². The quantitative estimate of drug-likeness (QED) is 0.591. The van der Waals surface area contributed by atoms with Crippen LogP contribution in [0.25, 0.3) is 11.1 Å². The molecule has 6 nitrogen and oxygen atoms in total. The predicted octanol–water partition coefficient (Wildman–Crippen LogP) is 5.00. The maximum atomic E-state index is 12.4. The number of hydrogen-bond donors (Lipinski definition) is 2. The van der Waals surface area contributed by atoms with E-state index in [0.29, 0.717) is 0 Å².